The summed E-state index contributed by atoms with van der Waals surface area (Å²) in [6.07, 6.45) is 7.38. The number of aliphatic hydroxyl groups is 1. The van der Waals surface area contributed by atoms with Crippen LogP contribution in [-0.4, -0.2) is 34.9 Å². The fourth-order valence-corrected chi connectivity index (χ4v) is 3.12. The van der Waals surface area contributed by atoms with E-state index in [2.05, 4.69) is 0 Å². The lowest BCUT2D eigenvalue weighted by atomic mass is 9.77. The molecule has 0 saturated carbocycles. The first-order valence-corrected chi connectivity index (χ1v) is 8.70. The molecular weight excluding hydrogens is 320 g/mol. The molecule has 1 saturated heterocycles. The Morgan fingerprint density at radius 2 is 2.04 bits per heavy atom. The van der Waals surface area contributed by atoms with Crippen molar-refractivity contribution in [2.45, 2.75) is 65.8 Å². The number of hydrogen-bond acceptors (Lipinski definition) is 5. The maximum Gasteiger partial charge on any atom is 0.353 e. The van der Waals surface area contributed by atoms with Gasteiger partial charge in [0.05, 0.1) is 0 Å². The molecule has 5 nitrogen and oxygen atoms in total. The van der Waals surface area contributed by atoms with Crippen LogP contribution in [0.1, 0.15) is 48.0 Å². The van der Waals surface area contributed by atoms with Gasteiger partial charge >= 0.3 is 11.9 Å². The normalized spacial score (nSPS) is 32.0. The molecule has 1 aliphatic heterocycles. The van der Waals surface area contributed by atoms with Crippen molar-refractivity contribution in [1.29, 1.82) is 0 Å². The molecular formula is C20H30O5. The lowest BCUT2D eigenvalue weighted by Crippen LogP contribution is -2.62. The van der Waals surface area contributed by atoms with Gasteiger partial charge in [-0.2, -0.15) is 0 Å². The molecule has 0 spiro atoms. The number of carbonyl (C=O) groups is 2. The summed E-state index contributed by atoms with van der Waals surface area (Å²) >= 11 is 0. The second-order valence-electron chi connectivity index (χ2n) is 6.90. The highest BCUT2D eigenvalue weighted by Gasteiger charge is 2.55. The van der Waals surface area contributed by atoms with E-state index in [-0.39, 0.29) is 11.8 Å². The Morgan fingerprint density at radius 1 is 1.40 bits per heavy atom. The van der Waals surface area contributed by atoms with Crippen molar-refractivity contribution >= 4 is 11.9 Å². The van der Waals surface area contributed by atoms with E-state index in [4.69, 9.17) is 9.47 Å². The van der Waals surface area contributed by atoms with Gasteiger partial charge in [-0.05, 0) is 40.0 Å². The third-order valence-electron chi connectivity index (χ3n) is 4.78. The van der Waals surface area contributed by atoms with E-state index in [9.17, 15) is 14.7 Å². The van der Waals surface area contributed by atoms with Crippen molar-refractivity contribution in [3.63, 3.8) is 0 Å². The molecule has 0 aromatic heterocycles. The Labute approximate surface area is 150 Å². The molecule has 0 aromatic carbocycles. The smallest absolute Gasteiger partial charge is 0.353 e. The Kier molecular flexibility index (Phi) is 7.61. The van der Waals surface area contributed by atoms with Gasteiger partial charge in [0.1, 0.15) is 12.2 Å². The summed E-state index contributed by atoms with van der Waals surface area (Å²) < 4.78 is 10.8. The zero-order valence-electron chi connectivity index (χ0n) is 16.0. The fourth-order valence-electron chi connectivity index (χ4n) is 3.12. The molecule has 0 aliphatic carbocycles. The van der Waals surface area contributed by atoms with Crippen LogP contribution in [-0.2, 0) is 19.1 Å². The summed E-state index contributed by atoms with van der Waals surface area (Å²) in [5, 5.41) is 10.7. The Balaban J connectivity index is 2.91. The van der Waals surface area contributed by atoms with Gasteiger partial charge in [-0.1, -0.05) is 43.7 Å². The second kappa shape index (κ2) is 8.99. The molecule has 0 bridgehead atoms. The van der Waals surface area contributed by atoms with E-state index in [0.717, 1.165) is 6.42 Å². The third kappa shape index (κ3) is 5.05. The summed E-state index contributed by atoms with van der Waals surface area (Å²) in [5.74, 6) is -1.70. The first kappa shape index (κ1) is 21.2. The monoisotopic (exact) mass is 350 g/mol. The first-order chi connectivity index (χ1) is 11.7. The molecule has 0 radical (unpaired) electrons. The second-order valence-corrected chi connectivity index (χ2v) is 6.90. The lowest BCUT2D eigenvalue weighted by molar-refractivity contribution is -0.225. The molecule has 25 heavy (non-hydrogen) atoms. The molecule has 1 rings (SSSR count). The highest BCUT2D eigenvalue weighted by molar-refractivity contribution is 5.88. The molecule has 1 fully saturated rings. The predicted octanol–water partition coefficient (Wildman–Crippen LogP) is 3.34. The van der Waals surface area contributed by atoms with Crippen LogP contribution in [0, 0.1) is 11.8 Å². The Bertz CT molecular complexity index is 575. The van der Waals surface area contributed by atoms with E-state index in [1.165, 1.54) is 24.6 Å². The average molecular weight is 350 g/mol. The quantitative estimate of drug-likeness (QED) is 0.344. The molecule has 140 valence electrons. The Morgan fingerprint density at radius 3 is 2.60 bits per heavy atom. The van der Waals surface area contributed by atoms with Gasteiger partial charge in [-0.15, -0.1) is 0 Å². The van der Waals surface area contributed by atoms with Crippen molar-refractivity contribution < 1.29 is 24.2 Å². The molecule has 5 heteroatoms. The van der Waals surface area contributed by atoms with Crippen molar-refractivity contribution in [2.24, 2.45) is 11.8 Å². The number of cyclic esters (lactones) is 1. The van der Waals surface area contributed by atoms with Gasteiger partial charge in [-0.3, -0.25) is 0 Å². The van der Waals surface area contributed by atoms with Crippen LogP contribution >= 0.6 is 0 Å². The molecule has 5 unspecified atom stereocenters. The predicted molar refractivity (Wildman–Crippen MR) is 96.7 cm³/mol. The van der Waals surface area contributed by atoms with Crippen LogP contribution in [0.5, 0.6) is 0 Å². The average Bonchev–Trinajstić information content (AvgIpc) is 2.56. The maximum atomic E-state index is 12.5. The Hall–Kier alpha value is -1.88. The maximum absolute atomic E-state index is 12.5. The first-order valence-electron chi connectivity index (χ1n) is 8.70. The number of aliphatic hydroxyl groups excluding tert-OH is 1. The molecule has 0 aromatic rings. The van der Waals surface area contributed by atoms with Gasteiger partial charge < -0.3 is 14.6 Å². The summed E-state index contributed by atoms with van der Waals surface area (Å²) in [6, 6.07) is 0. The number of rotatable bonds is 6. The minimum absolute atomic E-state index is 0.0552. The van der Waals surface area contributed by atoms with Crippen molar-refractivity contribution in [3.8, 4) is 0 Å². The molecule has 1 N–H and O–H groups in total. The van der Waals surface area contributed by atoms with Crippen molar-refractivity contribution in [3.05, 3.63) is 36.0 Å². The summed E-state index contributed by atoms with van der Waals surface area (Å²) in [7, 11) is 0. The highest BCUT2D eigenvalue weighted by Crippen LogP contribution is 2.37. The van der Waals surface area contributed by atoms with Gasteiger partial charge in [0, 0.05) is 12.0 Å². The zero-order valence-corrected chi connectivity index (χ0v) is 16.0. The minimum Gasteiger partial charge on any atom is -0.459 e. The van der Waals surface area contributed by atoms with Gasteiger partial charge in [-0.25, -0.2) is 9.59 Å². The van der Waals surface area contributed by atoms with E-state index < -0.39 is 29.7 Å². The van der Waals surface area contributed by atoms with Crippen molar-refractivity contribution in [2.75, 3.05) is 0 Å². The van der Waals surface area contributed by atoms with E-state index in [1.807, 2.05) is 40.7 Å². The van der Waals surface area contributed by atoms with Crippen LogP contribution < -0.4 is 0 Å². The minimum atomic E-state index is -1.71. The van der Waals surface area contributed by atoms with Gasteiger partial charge in [0.15, 0.2) is 0 Å². The number of hydrogen-bond donors (Lipinski definition) is 1. The fraction of sp³-hybridized carbons (Fsp3) is 0.600. The molecule has 5 atom stereocenters. The molecule has 0 amide bonds. The van der Waals surface area contributed by atoms with Crippen LogP contribution in [0.4, 0.5) is 0 Å². The van der Waals surface area contributed by atoms with Crippen molar-refractivity contribution in [1.82, 2.24) is 0 Å². The number of carbonyl (C=O) groups excluding carboxylic acids is 2. The number of esters is 2. The zero-order chi connectivity index (χ0) is 19.2. The SMILES string of the molecule is C/C=C/C=C/C(=O)OC1(C)C(=O)OC(C(C)C/C(C)=C/C)C(C)C1O. The van der Waals surface area contributed by atoms with E-state index >= 15 is 0 Å². The highest BCUT2D eigenvalue weighted by atomic mass is 16.6. The topological polar surface area (TPSA) is 72.8 Å². The van der Waals surface area contributed by atoms with E-state index in [0.29, 0.717) is 0 Å². The van der Waals surface area contributed by atoms with Crippen LogP contribution in [0.25, 0.3) is 0 Å². The number of ether oxygens (including phenoxy) is 2. The summed E-state index contributed by atoms with van der Waals surface area (Å²) in [6.45, 7) is 11.0. The lowest BCUT2D eigenvalue weighted by Gasteiger charge is -2.44. The standard InChI is InChI=1S/C20H30O5/c1-7-9-10-11-16(21)25-20(6)18(22)15(5)17(24-19(20)23)14(4)12-13(3)8-2/h7-11,14-15,17-18,22H,12H2,1-6H3/b9-7+,11-10+,13-8+. The van der Waals surface area contributed by atoms with Crippen LogP contribution in [0.3, 0.4) is 0 Å². The van der Waals surface area contributed by atoms with Crippen LogP contribution in [0.15, 0.2) is 36.0 Å². The summed E-state index contributed by atoms with van der Waals surface area (Å²) in [5.41, 5.74) is -0.512. The summed E-state index contributed by atoms with van der Waals surface area (Å²) in [4.78, 5) is 24.4. The van der Waals surface area contributed by atoms with Gasteiger partial charge in [0.2, 0.25) is 5.60 Å². The van der Waals surface area contributed by atoms with Crippen LogP contribution in [0.2, 0.25) is 0 Å². The van der Waals surface area contributed by atoms with Gasteiger partial charge in [0.25, 0.3) is 0 Å². The largest absolute Gasteiger partial charge is 0.459 e. The van der Waals surface area contributed by atoms with E-state index in [1.54, 1.807) is 12.2 Å². The molecule has 1 heterocycles. The third-order valence-corrected chi connectivity index (χ3v) is 4.78. The molecule has 1 aliphatic rings. The number of allylic oxidation sites excluding steroid dienone is 5.